The molecule has 57 heavy (non-hydrogen) atoms. The molecular weight excluding hydrogens is 691 g/mol. The number of aryl methyl sites for hydroxylation is 3. The highest BCUT2D eigenvalue weighted by Crippen LogP contribution is 2.48. The number of benzene rings is 6. The molecule has 9 rings (SSSR count). The first-order valence-corrected chi connectivity index (χ1v) is 20.6. The second kappa shape index (κ2) is 12.8. The lowest BCUT2D eigenvalue weighted by Gasteiger charge is -2.45. The summed E-state index contributed by atoms with van der Waals surface area (Å²) in [6.45, 7) is 27.7. The third-order valence-electron chi connectivity index (χ3n) is 12.4. The van der Waals surface area contributed by atoms with Gasteiger partial charge in [0.15, 0.2) is 0 Å². The Kier molecular flexibility index (Phi) is 8.31. The Morgan fingerprint density at radius 1 is 0.474 bits per heavy atom. The van der Waals surface area contributed by atoms with E-state index in [9.17, 15) is 0 Å². The number of hydrogen-bond acceptors (Lipinski definition) is 3. The van der Waals surface area contributed by atoms with Crippen molar-refractivity contribution >= 4 is 68.2 Å². The van der Waals surface area contributed by atoms with Crippen LogP contribution in [-0.4, -0.2) is 6.71 Å². The van der Waals surface area contributed by atoms with E-state index in [1.54, 1.807) is 6.26 Å². The standard InChI is InChI=1S/C53H55BN2O/c1-32-25-46-49-47(26-32)56(50-33(2)27-40(28-34(50)3)53(10,11)12)45-29-36(37-14-13-35-23-24-57-48(35)30-37)15-21-42(45)54(49)43-31-39(52(7,8)9)18-22-44(43)55(46)41-19-16-38(17-20-41)51(4,5)6/h13-31H,1-12H3. The highest BCUT2D eigenvalue weighted by atomic mass is 16.3. The van der Waals surface area contributed by atoms with Crippen molar-refractivity contribution in [2.24, 2.45) is 0 Å². The van der Waals surface area contributed by atoms with Gasteiger partial charge in [-0.05, 0) is 146 Å². The topological polar surface area (TPSA) is 19.6 Å². The van der Waals surface area contributed by atoms with Gasteiger partial charge in [-0.1, -0.05) is 123 Å². The fourth-order valence-corrected chi connectivity index (χ4v) is 9.29. The molecule has 0 N–H and O–H groups in total. The molecule has 0 unspecified atom stereocenters. The Labute approximate surface area is 340 Å². The Morgan fingerprint density at radius 2 is 1.07 bits per heavy atom. The van der Waals surface area contributed by atoms with E-state index in [0.29, 0.717) is 0 Å². The summed E-state index contributed by atoms with van der Waals surface area (Å²) >= 11 is 0. The van der Waals surface area contributed by atoms with Gasteiger partial charge >= 0.3 is 0 Å². The Bertz CT molecular complexity index is 2710. The minimum Gasteiger partial charge on any atom is -0.464 e. The SMILES string of the molecule is Cc1cc2c3c(c1)N(c1c(C)cc(C(C)(C)C)cc1C)c1cc(-c4ccc5ccoc5c4)ccc1B3c1cc(C(C)(C)C)ccc1N2c1ccc(C(C)(C)C)cc1. The normalized spacial score (nSPS) is 13.9. The molecule has 0 aliphatic carbocycles. The first kappa shape index (κ1) is 37.1. The third kappa shape index (κ3) is 6.11. The quantitative estimate of drug-likeness (QED) is 0.168. The number of fused-ring (bicyclic) bond motifs is 5. The number of nitrogens with zero attached hydrogens (tertiary/aromatic N) is 2. The van der Waals surface area contributed by atoms with E-state index in [0.717, 1.165) is 16.5 Å². The molecule has 1 aromatic heterocycles. The molecule has 2 aliphatic rings. The second-order valence-electron chi connectivity index (χ2n) is 19.8. The predicted octanol–water partition coefficient (Wildman–Crippen LogP) is 13.0. The van der Waals surface area contributed by atoms with E-state index in [2.05, 4.69) is 196 Å². The average molecular weight is 747 g/mol. The van der Waals surface area contributed by atoms with Crippen LogP contribution in [0.1, 0.15) is 95.7 Å². The fourth-order valence-electron chi connectivity index (χ4n) is 9.29. The van der Waals surface area contributed by atoms with Crippen LogP contribution in [0.25, 0.3) is 22.1 Å². The first-order chi connectivity index (χ1) is 26.9. The zero-order valence-electron chi connectivity index (χ0n) is 35.8. The maximum atomic E-state index is 5.90. The maximum absolute atomic E-state index is 5.90. The lowest BCUT2D eigenvalue weighted by atomic mass is 9.33. The van der Waals surface area contributed by atoms with E-state index in [1.165, 1.54) is 89.5 Å². The van der Waals surface area contributed by atoms with Crippen LogP contribution in [0.5, 0.6) is 0 Å². The van der Waals surface area contributed by atoms with Crippen molar-refractivity contribution < 1.29 is 4.42 Å². The molecule has 6 aromatic carbocycles. The van der Waals surface area contributed by atoms with E-state index >= 15 is 0 Å². The molecule has 2 aliphatic heterocycles. The summed E-state index contributed by atoms with van der Waals surface area (Å²) in [6, 6.07) is 42.0. The van der Waals surface area contributed by atoms with Crippen LogP contribution in [0.4, 0.5) is 34.1 Å². The smallest absolute Gasteiger partial charge is 0.252 e. The molecule has 0 saturated carbocycles. The minimum absolute atomic E-state index is 0.00842. The second-order valence-corrected chi connectivity index (χ2v) is 19.8. The van der Waals surface area contributed by atoms with Crippen molar-refractivity contribution in [3.8, 4) is 11.1 Å². The third-order valence-corrected chi connectivity index (χ3v) is 12.4. The van der Waals surface area contributed by atoms with Gasteiger partial charge in [0.1, 0.15) is 5.58 Å². The van der Waals surface area contributed by atoms with E-state index < -0.39 is 0 Å². The van der Waals surface area contributed by atoms with Crippen LogP contribution in [0, 0.1) is 20.8 Å². The van der Waals surface area contributed by atoms with Crippen molar-refractivity contribution in [1.82, 2.24) is 0 Å². The van der Waals surface area contributed by atoms with Gasteiger partial charge in [0.05, 0.1) is 12.0 Å². The molecule has 4 heteroatoms. The largest absolute Gasteiger partial charge is 0.464 e. The van der Waals surface area contributed by atoms with Crippen molar-refractivity contribution in [3.05, 3.63) is 149 Å². The van der Waals surface area contributed by atoms with Crippen LogP contribution in [0.15, 0.2) is 120 Å². The summed E-state index contributed by atoms with van der Waals surface area (Å²) in [7, 11) is 0. The monoisotopic (exact) mass is 746 g/mol. The number of hydrogen-bond donors (Lipinski definition) is 0. The molecule has 0 radical (unpaired) electrons. The molecule has 0 saturated heterocycles. The van der Waals surface area contributed by atoms with Gasteiger partial charge in [-0.15, -0.1) is 0 Å². The fraction of sp³-hybridized carbons (Fsp3) is 0.283. The van der Waals surface area contributed by atoms with Gasteiger partial charge in [-0.25, -0.2) is 0 Å². The van der Waals surface area contributed by atoms with Gasteiger partial charge in [0, 0.05) is 33.8 Å². The van der Waals surface area contributed by atoms with Crippen LogP contribution in [0.2, 0.25) is 0 Å². The van der Waals surface area contributed by atoms with E-state index in [4.69, 9.17) is 4.42 Å². The van der Waals surface area contributed by atoms with Gasteiger partial charge in [0.2, 0.25) is 0 Å². The zero-order chi connectivity index (χ0) is 40.3. The lowest BCUT2D eigenvalue weighted by molar-refractivity contribution is 0.589. The highest BCUT2D eigenvalue weighted by Gasteiger charge is 2.44. The number of rotatable bonds is 3. The van der Waals surface area contributed by atoms with Crippen LogP contribution < -0.4 is 26.2 Å². The molecular formula is C53H55BN2O. The first-order valence-electron chi connectivity index (χ1n) is 20.6. The average Bonchev–Trinajstić information content (AvgIpc) is 3.62. The van der Waals surface area contributed by atoms with E-state index in [1.807, 2.05) is 6.07 Å². The van der Waals surface area contributed by atoms with Crippen molar-refractivity contribution in [3.63, 3.8) is 0 Å². The minimum atomic E-state index is -0.00842. The maximum Gasteiger partial charge on any atom is 0.252 e. The van der Waals surface area contributed by atoms with Crippen LogP contribution in [-0.2, 0) is 16.2 Å². The molecule has 0 amide bonds. The van der Waals surface area contributed by atoms with Crippen molar-refractivity contribution in [2.45, 2.75) is 99.3 Å². The zero-order valence-corrected chi connectivity index (χ0v) is 35.8. The summed E-state index contributed by atoms with van der Waals surface area (Å²) < 4.78 is 5.90. The van der Waals surface area contributed by atoms with Gasteiger partial charge in [0.25, 0.3) is 6.71 Å². The summed E-state index contributed by atoms with van der Waals surface area (Å²) in [5.74, 6) is 0. The van der Waals surface area contributed by atoms with Gasteiger partial charge in [-0.3, -0.25) is 0 Å². The van der Waals surface area contributed by atoms with Crippen molar-refractivity contribution in [2.75, 3.05) is 9.80 Å². The summed E-state index contributed by atoms with van der Waals surface area (Å²) in [5.41, 5.74) is 22.6. The highest BCUT2D eigenvalue weighted by molar-refractivity contribution is 7.00. The molecule has 0 spiro atoms. The number of furan rings is 1. The summed E-state index contributed by atoms with van der Waals surface area (Å²) in [6.07, 6.45) is 1.78. The Balaban J connectivity index is 1.36. The molecule has 0 fully saturated rings. The molecule has 0 bridgehead atoms. The Morgan fingerprint density at radius 3 is 1.72 bits per heavy atom. The lowest BCUT2D eigenvalue weighted by Crippen LogP contribution is -2.61. The molecule has 3 heterocycles. The summed E-state index contributed by atoms with van der Waals surface area (Å²) in [5, 5.41) is 1.12. The van der Waals surface area contributed by atoms with Gasteiger partial charge in [-0.2, -0.15) is 0 Å². The molecule has 7 aromatic rings. The number of anilines is 6. The summed E-state index contributed by atoms with van der Waals surface area (Å²) in [4.78, 5) is 5.14. The van der Waals surface area contributed by atoms with Crippen LogP contribution >= 0.6 is 0 Å². The molecule has 0 atom stereocenters. The van der Waals surface area contributed by atoms with Crippen LogP contribution in [0.3, 0.4) is 0 Å². The van der Waals surface area contributed by atoms with Gasteiger partial charge < -0.3 is 14.2 Å². The Hall–Kier alpha value is -5.48. The predicted molar refractivity (Wildman–Crippen MR) is 246 cm³/mol. The molecule has 286 valence electrons. The van der Waals surface area contributed by atoms with E-state index in [-0.39, 0.29) is 23.0 Å². The molecule has 3 nitrogen and oxygen atoms in total. The van der Waals surface area contributed by atoms with Crippen molar-refractivity contribution in [1.29, 1.82) is 0 Å².